The lowest BCUT2D eigenvalue weighted by Gasteiger charge is -2.33. The highest BCUT2D eigenvalue weighted by atomic mass is 16.5. The van der Waals surface area contributed by atoms with Gasteiger partial charge >= 0.3 is 7.12 Å². The van der Waals surface area contributed by atoms with E-state index in [-0.39, 0.29) is 0 Å². The molecule has 0 aromatic heterocycles. The van der Waals surface area contributed by atoms with Gasteiger partial charge in [0.25, 0.3) is 0 Å². The van der Waals surface area contributed by atoms with E-state index in [0.717, 1.165) is 37.1 Å². The second-order valence-corrected chi connectivity index (χ2v) is 5.20. The molecule has 4 nitrogen and oxygen atoms in total. The smallest absolute Gasteiger partial charge is 0.423 e. The fourth-order valence-electron chi connectivity index (χ4n) is 2.88. The first-order valence-electron chi connectivity index (χ1n) is 6.57. The van der Waals surface area contributed by atoms with E-state index in [9.17, 15) is 5.02 Å². The van der Waals surface area contributed by atoms with Crippen molar-refractivity contribution in [2.24, 2.45) is 0 Å². The Balaban J connectivity index is 1.82. The Kier molecular flexibility index (Phi) is 3.39. The standard InChI is InChI=1S/C13H19BN2O2/c1-16-6-5-15-8-12(16)7-10-3-2-4-11-9-18-14(17)13(10)11/h2-4,12,15,17H,5-9H2,1H3. The van der Waals surface area contributed by atoms with Crippen molar-refractivity contribution in [2.75, 3.05) is 26.7 Å². The molecule has 5 heteroatoms. The fraction of sp³-hybridized carbons (Fsp3) is 0.538. The van der Waals surface area contributed by atoms with Crippen molar-refractivity contribution in [3.63, 3.8) is 0 Å². The molecule has 0 saturated carbocycles. The van der Waals surface area contributed by atoms with Gasteiger partial charge < -0.3 is 19.9 Å². The van der Waals surface area contributed by atoms with E-state index >= 15 is 0 Å². The van der Waals surface area contributed by atoms with E-state index < -0.39 is 7.12 Å². The number of likely N-dealkylation sites (N-methyl/N-ethyl adjacent to an activating group) is 1. The quantitative estimate of drug-likeness (QED) is 0.681. The van der Waals surface area contributed by atoms with Crippen LogP contribution in [0.1, 0.15) is 11.1 Å². The Morgan fingerprint density at radius 3 is 3.28 bits per heavy atom. The van der Waals surface area contributed by atoms with Crippen LogP contribution in [0.2, 0.25) is 0 Å². The molecule has 0 radical (unpaired) electrons. The number of nitrogens with zero attached hydrogens (tertiary/aromatic N) is 1. The zero-order valence-corrected chi connectivity index (χ0v) is 10.7. The number of rotatable bonds is 2. The number of fused-ring (bicyclic) bond motifs is 1. The molecule has 0 amide bonds. The molecule has 1 saturated heterocycles. The third-order valence-corrected chi connectivity index (χ3v) is 4.03. The van der Waals surface area contributed by atoms with Crippen molar-refractivity contribution in [1.82, 2.24) is 10.2 Å². The molecule has 1 atom stereocenters. The first-order chi connectivity index (χ1) is 8.75. The van der Waals surface area contributed by atoms with E-state index in [2.05, 4.69) is 29.4 Å². The van der Waals surface area contributed by atoms with Gasteiger partial charge in [-0.05, 0) is 30.1 Å². The fourth-order valence-corrected chi connectivity index (χ4v) is 2.88. The minimum Gasteiger partial charge on any atom is -0.423 e. The molecule has 1 aromatic carbocycles. The van der Waals surface area contributed by atoms with Crippen LogP contribution in [0, 0.1) is 0 Å². The average Bonchev–Trinajstić information content (AvgIpc) is 2.75. The third-order valence-electron chi connectivity index (χ3n) is 4.03. The van der Waals surface area contributed by atoms with Crippen molar-refractivity contribution >= 4 is 12.6 Å². The highest BCUT2D eigenvalue weighted by Crippen LogP contribution is 2.15. The van der Waals surface area contributed by atoms with Crippen molar-refractivity contribution in [2.45, 2.75) is 19.1 Å². The van der Waals surface area contributed by atoms with E-state index in [0.29, 0.717) is 12.6 Å². The maximum absolute atomic E-state index is 9.91. The summed E-state index contributed by atoms with van der Waals surface area (Å²) < 4.78 is 5.31. The zero-order valence-electron chi connectivity index (χ0n) is 10.7. The van der Waals surface area contributed by atoms with Crippen LogP contribution in [0.3, 0.4) is 0 Å². The molecule has 18 heavy (non-hydrogen) atoms. The Hall–Kier alpha value is -0.875. The van der Waals surface area contributed by atoms with Gasteiger partial charge in [0, 0.05) is 25.7 Å². The summed E-state index contributed by atoms with van der Waals surface area (Å²) in [4.78, 5) is 2.39. The molecule has 2 aliphatic heterocycles. The molecule has 1 unspecified atom stereocenters. The van der Waals surface area contributed by atoms with Gasteiger partial charge in [0.05, 0.1) is 6.61 Å². The predicted molar refractivity (Wildman–Crippen MR) is 71.8 cm³/mol. The summed E-state index contributed by atoms with van der Waals surface area (Å²) in [6, 6.07) is 6.71. The maximum Gasteiger partial charge on any atom is 0.492 e. The van der Waals surface area contributed by atoms with Crippen molar-refractivity contribution in [3.8, 4) is 0 Å². The van der Waals surface area contributed by atoms with E-state index in [1.807, 2.05) is 6.07 Å². The third kappa shape index (κ3) is 2.19. The van der Waals surface area contributed by atoms with Crippen molar-refractivity contribution < 1.29 is 9.68 Å². The topological polar surface area (TPSA) is 44.7 Å². The number of nitrogens with one attached hydrogen (secondary N) is 1. The largest absolute Gasteiger partial charge is 0.492 e. The lowest BCUT2D eigenvalue weighted by Crippen LogP contribution is -2.51. The molecule has 0 bridgehead atoms. The molecule has 96 valence electrons. The maximum atomic E-state index is 9.91. The van der Waals surface area contributed by atoms with Crippen LogP contribution in [-0.2, 0) is 17.7 Å². The number of hydrogen-bond acceptors (Lipinski definition) is 4. The first kappa shape index (κ1) is 12.2. The summed E-state index contributed by atoms with van der Waals surface area (Å²) in [6.07, 6.45) is 0.965. The lowest BCUT2D eigenvalue weighted by molar-refractivity contribution is 0.199. The minimum atomic E-state index is -0.738. The van der Waals surface area contributed by atoms with E-state index in [1.165, 1.54) is 5.56 Å². The average molecular weight is 246 g/mol. The van der Waals surface area contributed by atoms with E-state index in [1.54, 1.807) is 0 Å². The van der Waals surface area contributed by atoms with Crippen LogP contribution >= 0.6 is 0 Å². The van der Waals surface area contributed by atoms with Gasteiger partial charge in [0.15, 0.2) is 0 Å². The zero-order chi connectivity index (χ0) is 12.5. The van der Waals surface area contributed by atoms with Crippen molar-refractivity contribution in [1.29, 1.82) is 0 Å². The number of piperazine rings is 1. The van der Waals surface area contributed by atoms with Crippen molar-refractivity contribution in [3.05, 3.63) is 29.3 Å². The van der Waals surface area contributed by atoms with Crippen LogP contribution in [0.15, 0.2) is 18.2 Å². The van der Waals surface area contributed by atoms with Gasteiger partial charge in [-0.2, -0.15) is 0 Å². The Bertz CT molecular complexity index is 441. The Morgan fingerprint density at radius 2 is 2.44 bits per heavy atom. The molecule has 2 aliphatic rings. The lowest BCUT2D eigenvalue weighted by atomic mass is 9.75. The molecular weight excluding hydrogens is 227 g/mol. The summed E-state index contributed by atoms with van der Waals surface area (Å²) in [7, 11) is 1.43. The highest BCUT2D eigenvalue weighted by Gasteiger charge is 2.31. The van der Waals surface area contributed by atoms with Gasteiger partial charge in [0.2, 0.25) is 0 Å². The van der Waals surface area contributed by atoms with Gasteiger partial charge in [-0.1, -0.05) is 18.2 Å². The highest BCUT2D eigenvalue weighted by molar-refractivity contribution is 6.62. The van der Waals surface area contributed by atoms with Crippen LogP contribution < -0.4 is 10.8 Å². The van der Waals surface area contributed by atoms with E-state index in [4.69, 9.17) is 4.65 Å². The summed E-state index contributed by atoms with van der Waals surface area (Å²) in [5, 5.41) is 13.3. The molecule has 3 rings (SSSR count). The van der Waals surface area contributed by atoms with Crippen LogP contribution in [0.25, 0.3) is 0 Å². The summed E-state index contributed by atoms with van der Waals surface area (Å²) in [6.45, 7) is 3.69. The monoisotopic (exact) mass is 246 g/mol. The molecule has 2 N–H and O–H groups in total. The van der Waals surface area contributed by atoms with Gasteiger partial charge in [-0.3, -0.25) is 0 Å². The SMILES string of the molecule is CN1CCNCC1Cc1cccc2c1B(O)OC2. The molecular formula is C13H19BN2O2. The van der Waals surface area contributed by atoms with Gasteiger partial charge in [0.1, 0.15) is 0 Å². The molecule has 0 spiro atoms. The van der Waals surface area contributed by atoms with Gasteiger partial charge in [-0.25, -0.2) is 0 Å². The second kappa shape index (κ2) is 5.01. The predicted octanol–water partition coefficient (Wildman–Crippen LogP) is -0.650. The van der Waals surface area contributed by atoms with Gasteiger partial charge in [-0.15, -0.1) is 0 Å². The minimum absolute atomic E-state index is 0.498. The molecule has 0 aliphatic carbocycles. The summed E-state index contributed by atoms with van der Waals surface area (Å²) >= 11 is 0. The molecule has 1 fully saturated rings. The summed E-state index contributed by atoms with van der Waals surface area (Å²) in [5.74, 6) is 0. The van der Waals surface area contributed by atoms with Crippen LogP contribution in [-0.4, -0.2) is 49.8 Å². The second-order valence-electron chi connectivity index (χ2n) is 5.20. The number of benzene rings is 1. The molecule has 2 heterocycles. The number of hydrogen-bond donors (Lipinski definition) is 2. The normalized spacial score (nSPS) is 24.3. The summed E-state index contributed by atoms with van der Waals surface area (Å²) in [5.41, 5.74) is 3.35. The first-order valence-corrected chi connectivity index (χ1v) is 6.57. The molecule has 1 aromatic rings. The Labute approximate surface area is 108 Å². The van der Waals surface area contributed by atoms with Crippen LogP contribution in [0.5, 0.6) is 0 Å². The van der Waals surface area contributed by atoms with Crippen LogP contribution in [0.4, 0.5) is 0 Å². The Morgan fingerprint density at radius 1 is 1.56 bits per heavy atom.